The average Bonchev–Trinajstić information content (AvgIpc) is 2.76. The Morgan fingerprint density at radius 1 is 1.42 bits per heavy atom. The number of rotatable bonds is 3. The van der Waals surface area contributed by atoms with Crippen molar-refractivity contribution in [2.24, 2.45) is 5.92 Å². The Bertz CT molecular complexity index is 533. The summed E-state index contributed by atoms with van der Waals surface area (Å²) in [7, 11) is 0. The molecule has 100 valence electrons. The molecule has 2 aliphatic rings. The van der Waals surface area contributed by atoms with Crippen LogP contribution in [0.2, 0.25) is 0 Å². The zero-order valence-electron chi connectivity index (χ0n) is 11.3. The molecular formula is C16H18O3. The minimum atomic E-state index is -0.122. The molecule has 0 bridgehead atoms. The molecule has 1 aromatic carbocycles. The van der Waals surface area contributed by atoms with Gasteiger partial charge in [0, 0.05) is 24.2 Å². The van der Waals surface area contributed by atoms with E-state index in [1.165, 1.54) is 5.57 Å². The predicted octanol–water partition coefficient (Wildman–Crippen LogP) is 2.85. The zero-order valence-corrected chi connectivity index (χ0v) is 11.3. The molecule has 0 saturated carbocycles. The van der Waals surface area contributed by atoms with Gasteiger partial charge >= 0.3 is 0 Å². The third-order valence-corrected chi connectivity index (χ3v) is 3.90. The number of hydrogen-bond donors (Lipinski definition) is 0. The standard InChI is InChI=1S/C16H18O3/c1-3-18-15-9-13-11-6-4-5-7-14(11)19-16(13)8-12(15)10(2)17/h4-7,9,12,15-16H,3,8H2,1-2H3/t12-,15+,16+/m0/s1. The lowest BCUT2D eigenvalue weighted by Crippen LogP contribution is -2.36. The molecule has 3 rings (SSSR count). The molecule has 3 atom stereocenters. The number of fused-ring (bicyclic) bond motifs is 3. The fourth-order valence-electron chi connectivity index (χ4n) is 2.98. The summed E-state index contributed by atoms with van der Waals surface area (Å²) in [6.07, 6.45) is 2.67. The lowest BCUT2D eigenvalue weighted by Gasteiger charge is -2.30. The Kier molecular flexibility index (Phi) is 3.15. The molecule has 0 unspecified atom stereocenters. The maximum atomic E-state index is 11.8. The first-order valence-electron chi connectivity index (χ1n) is 6.80. The van der Waals surface area contributed by atoms with Gasteiger partial charge in [-0.1, -0.05) is 18.2 Å². The molecule has 0 N–H and O–H groups in total. The van der Waals surface area contributed by atoms with E-state index >= 15 is 0 Å². The van der Waals surface area contributed by atoms with Crippen molar-refractivity contribution in [1.82, 2.24) is 0 Å². The first-order chi connectivity index (χ1) is 9.20. The lowest BCUT2D eigenvalue weighted by atomic mass is 9.81. The van der Waals surface area contributed by atoms with Gasteiger partial charge in [-0.05, 0) is 26.0 Å². The smallest absolute Gasteiger partial charge is 0.135 e. The molecule has 0 radical (unpaired) electrons. The normalized spacial score (nSPS) is 28.1. The van der Waals surface area contributed by atoms with Crippen molar-refractivity contribution in [1.29, 1.82) is 0 Å². The first-order valence-corrected chi connectivity index (χ1v) is 6.80. The van der Waals surface area contributed by atoms with Gasteiger partial charge in [-0.25, -0.2) is 0 Å². The van der Waals surface area contributed by atoms with Gasteiger partial charge in [0.15, 0.2) is 0 Å². The summed E-state index contributed by atoms with van der Waals surface area (Å²) in [5.41, 5.74) is 2.31. The highest BCUT2D eigenvalue weighted by atomic mass is 16.5. The quantitative estimate of drug-likeness (QED) is 0.836. The van der Waals surface area contributed by atoms with E-state index in [1.54, 1.807) is 6.92 Å². The fraction of sp³-hybridized carbons (Fsp3) is 0.438. The molecule has 0 aromatic heterocycles. The Balaban J connectivity index is 1.98. The summed E-state index contributed by atoms with van der Waals surface area (Å²) in [6, 6.07) is 8.03. The van der Waals surface area contributed by atoms with Crippen LogP contribution in [-0.2, 0) is 9.53 Å². The molecule has 1 aliphatic carbocycles. The Morgan fingerprint density at radius 3 is 2.95 bits per heavy atom. The molecule has 0 fully saturated rings. The van der Waals surface area contributed by atoms with E-state index in [9.17, 15) is 4.79 Å². The third kappa shape index (κ3) is 2.08. The van der Waals surface area contributed by atoms with E-state index in [0.717, 1.165) is 11.3 Å². The summed E-state index contributed by atoms with van der Waals surface area (Å²) in [5.74, 6) is 0.995. The second-order valence-electron chi connectivity index (χ2n) is 5.10. The number of hydrogen-bond acceptors (Lipinski definition) is 3. The lowest BCUT2D eigenvalue weighted by molar-refractivity contribution is -0.125. The Labute approximate surface area is 113 Å². The van der Waals surface area contributed by atoms with E-state index in [1.807, 2.05) is 25.1 Å². The monoisotopic (exact) mass is 258 g/mol. The molecule has 19 heavy (non-hydrogen) atoms. The van der Waals surface area contributed by atoms with Crippen molar-refractivity contribution < 1.29 is 14.3 Å². The number of carbonyl (C=O) groups is 1. The first kappa shape index (κ1) is 12.4. The Hall–Kier alpha value is -1.61. The van der Waals surface area contributed by atoms with E-state index in [0.29, 0.717) is 13.0 Å². The predicted molar refractivity (Wildman–Crippen MR) is 73.0 cm³/mol. The van der Waals surface area contributed by atoms with Crippen LogP contribution in [0.1, 0.15) is 25.8 Å². The van der Waals surface area contributed by atoms with E-state index < -0.39 is 0 Å². The van der Waals surface area contributed by atoms with Crippen molar-refractivity contribution in [3.05, 3.63) is 35.9 Å². The molecule has 0 spiro atoms. The fourth-order valence-corrected chi connectivity index (χ4v) is 2.98. The largest absolute Gasteiger partial charge is 0.485 e. The minimum Gasteiger partial charge on any atom is -0.485 e. The molecule has 1 aromatic rings. The highest BCUT2D eigenvalue weighted by Crippen LogP contribution is 2.43. The number of ketones is 1. The van der Waals surface area contributed by atoms with Crippen molar-refractivity contribution in [2.75, 3.05) is 6.61 Å². The van der Waals surface area contributed by atoms with Gasteiger partial charge in [-0.3, -0.25) is 4.79 Å². The van der Waals surface area contributed by atoms with Gasteiger partial charge < -0.3 is 9.47 Å². The number of ether oxygens (including phenoxy) is 2. The van der Waals surface area contributed by atoms with E-state index in [-0.39, 0.29) is 23.9 Å². The number of Topliss-reactive ketones (excluding diaryl/α,β-unsaturated/α-hetero) is 1. The van der Waals surface area contributed by atoms with Crippen molar-refractivity contribution in [3.8, 4) is 5.75 Å². The van der Waals surface area contributed by atoms with Crippen LogP contribution in [0.3, 0.4) is 0 Å². The third-order valence-electron chi connectivity index (χ3n) is 3.90. The number of carbonyl (C=O) groups excluding carboxylic acids is 1. The highest BCUT2D eigenvalue weighted by Gasteiger charge is 2.39. The van der Waals surface area contributed by atoms with E-state index in [4.69, 9.17) is 9.47 Å². The Morgan fingerprint density at radius 2 is 2.21 bits per heavy atom. The summed E-state index contributed by atoms with van der Waals surface area (Å²) in [6.45, 7) is 4.21. The molecule has 0 amide bonds. The van der Waals surface area contributed by atoms with Crippen LogP contribution in [0, 0.1) is 5.92 Å². The van der Waals surface area contributed by atoms with Gasteiger partial charge in [0.2, 0.25) is 0 Å². The molecule has 0 saturated heterocycles. The molecule has 3 nitrogen and oxygen atoms in total. The van der Waals surface area contributed by atoms with Crippen LogP contribution in [0.4, 0.5) is 0 Å². The molecule has 1 heterocycles. The van der Waals surface area contributed by atoms with Gasteiger partial charge in [-0.2, -0.15) is 0 Å². The van der Waals surface area contributed by atoms with Gasteiger partial charge in [0.25, 0.3) is 0 Å². The van der Waals surface area contributed by atoms with Crippen molar-refractivity contribution >= 4 is 11.4 Å². The summed E-state index contributed by atoms with van der Waals surface area (Å²) in [5, 5.41) is 0. The second kappa shape index (κ2) is 4.82. The van der Waals surface area contributed by atoms with Gasteiger partial charge in [-0.15, -0.1) is 0 Å². The van der Waals surface area contributed by atoms with Crippen molar-refractivity contribution in [3.63, 3.8) is 0 Å². The van der Waals surface area contributed by atoms with Crippen LogP contribution in [0.15, 0.2) is 30.3 Å². The average molecular weight is 258 g/mol. The number of benzene rings is 1. The zero-order chi connectivity index (χ0) is 13.4. The molecule has 3 heteroatoms. The second-order valence-corrected chi connectivity index (χ2v) is 5.10. The van der Waals surface area contributed by atoms with Gasteiger partial charge in [0.1, 0.15) is 17.6 Å². The maximum Gasteiger partial charge on any atom is 0.135 e. The van der Waals surface area contributed by atoms with E-state index in [2.05, 4.69) is 12.1 Å². The van der Waals surface area contributed by atoms with Crippen LogP contribution in [-0.4, -0.2) is 24.6 Å². The molecule has 1 aliphatic heterocycles. The minimum absolute atomic E-state index is 0.00278. The van der Waals surface area contributed by atoms with Crippen LogP contribution >= 0.6 is 0 Å². The summed E-state index contributed by atoms with van der Waals surface area (Å²) >= 11 is 0. The van der Waals surface area contributed by atoms with Crippen molar-refractivity contribution in [2.45, 2.75) is 32.5 Å². The van der Waals surface area contributed by atoms with Crippen LogP contribution in [0.5, 0.6) is 5.75 Å². The molecular weight excluding hydrogens is 240 g/mol. The maximum absolute atomic E-state index is 11.8. The summed E-state index contributed by atoms with van der Waals surface area (Å²) in [4.78, 5) is 11.8. The topological polar surface area (TPSA) is 35.5 Å². The van der Waals surface area contributed by atoms with Gasteiger partial charge in [0.05, 0.1) is 12.0 Å². The van der Waals surface area contributed by atoms with Crippen LogP contribution in [0.25, 0.3) is 5.57 Å². The van der Waals surface area contributed by atoms with Crippen LogP contribution < -0.4 is 4.74 Å². The summed E-state index contributed by atoms with van der Waals surface area (Å²) < 4.78 is 11.7. The highest BCUT2D eigenvalue weighted by molar-refractivity contribution is 5.84. The SMILES string of the molecule is CCO[C@@H]1C=C2c3ccccc3O[C@@H]2C[C@H]1C(C)=O. The number of para-hydroxylation sites is 1.